The molecule has 2 aliphatic heterocycles. The van der Waals surface area contributed by atoms with E-state index in [0.717, 1.165) is 44.7 Å². The van der Waals surface area contributed by atoms with E-state index in [0.29, 0.717) is 12.0 Å². The van der Waals surface area contributed by atoms with E-state index in [-0.39, 0.29) is 5.82 Å². The average Bonchev–Trinajstić information content (AvgIpc) is 3.27. The summed E-state index contributed by atoms with van der Waals surface area (Å²) in [6, 6.07) is 7.48. The van der Waals surface area contributed by atoms with Crippen molar-refractivity contribution in [2.24, 2.45) is 5.92 Å². The Hall–Kier alpha value is -1.88. The van der Waals surface area contributed by atoms with Gasteiger partial charge in [0.05, 0.1) is 5.69 Å². The van der Waals surface area contributed by atoms with Crippen molar-refractivity contribution in [2.75, 3.05) is 24.5 Å². The third-order valence-corrected chi connectivity index (χ3v) is 5.88. The highest BCUT2D eigenvalue weighted by atomic mass is 19.1. The van der Waals surface area contributed by atoms with E-state index in [1.54, 1.807) is 12.1 Å². The zero-order chi connectivity index (χ0) is 18.1. The summed E-state index contributed by atoms with van der Waals surface area (Å²) in [6.45, 7) is 8.73. The van der Waals surface area contributed by atoms with Crippen LogP contribution in [-0.2, 0) is 19.4 Å². The van der Waals surface area contributed by atoms with Crippen LogP contribution in [0.1, 0.15) is 43.6 Å². The van der Waals surface area contributed by atoms with Crippen LogP contribution in [-0.4, -0.2) is 40.8 Å². The van der Waals surface area contributed by atoms with Crippen LogP contribution >= 0.6 is 0 Å². The van der Waals surface area contributed by atoms with E-state index in [9.17, 15) is 4.39 Å². The van der Waals surface area contributed by atoms with Crippen molar-refractivity contribution in [1.82, 2.24) is 15.1 Å². The molecule has 0 saturated carbocycles. The number of aromatic nitrogens is 2. The van der Waals surface area contributed by atoms with Crippen LogP contribution in [0.2, 0.25) is 0 Å². The number of aryl methyl sites for hydroxylation is 1. The van der Waals surface area contributed by atoms with Crippen LogP contribution in [0.4, 0.5) is 10.1 Å². The lowest BCUT2D eigenvalue weighted by Crippen LogP contribution is -2.41. The lowest BCUT2D eigenvalue weighted by Gasteiger charge is -2.32. The molecule has 1 N–H and O–H groups in total. The van der Waals surface area contributed by atoms with Gasteiger partial charge in [-0.1, -0.05) is 13.8 Å². The highest BCUT2D eigenvalue weighted by Gasteiger charge is 2.31. The number of hydrogen-bond acceptors (Lipinski definition) is 3. The quantitative estimate of drug-likeness (QED) is 0.886. The molecule has 2 aliphatic rings. The molecule has 1 saturated heterocycles. The van der Waals surface area contributed by atoms with Gasteiger partial charge in [-0.15, -0.1) is 0 Å². The first kappa shape index (κ1) is 17.5. The summed E-state index contributed by atoms with van der Waals surface area (Å²) in [5.41, 5.74) is 5.19. The average molecular weight is 356 g/mol. The molecular weight excluding hydrogens is 327 g/mol. The highest BCUT2D eigenvalue weighted by Crippen LogP contribution is 2.28. The molecule has 0 bridgehead atoms. The third-order valence-electron chi connectivity index (χ3n) is 5.88. The van der Waals surface area contributed by atoms with Gasteiger partial charge in [0, 0.05) is 55.6 Å². The van der Waals surface area contributed by atoms with E-state index in [1.165, 1.54) is 29.8 Å². The summed E-state index contributed by atoms with van der Waals surface area (Å²) >= 11 is 0. The number of nitrogens with zero attached hydrogens (tertiary/aromatic N) is 3. The lowest BCUT2D eigenvalue weighted by molar-refractivity contribution is 0.190. The van der Waals surface area contributed by atoms with Crippen molar-refractivity contribution >= 4 is 5.69 Å². The molecular formula is C21H29FN4. The van der Waals surface area contributed by atoms with Crippen molar-refractivity contribution in [1.29, 1.82) is 0 Å². The molecule has 0 spiro atoms. The normalized spacial score (nSPS) is 20.8. The van der Waals surface area contributed by atoms with Crippen LogP contribution in [0.25, 0.3) is 0 Å². The standard InChI is InChI=1S/C21H29FN4/c1-15(2)3-8-20-19-14-26(12-10-21(19)24-23-20)18-9-11-25(13-18)17-6-4-16(22)5-7-17/h4-7,15,18H,3,8-14H2,1-2H3,(H,23,24)/t18-/m0/s1. The van der Waals surface area contributed by atoms with Crippen LogP contribution in [0, 0.1) is 11.7 Å². The topological polar surface area (TPSA) is 35.2 Å². The summed E-state index contributed by atoms with van der Waals surface area (Å²) in [5, 5.41) is 7.88. The maximum absolute atomic E-state index is 13.2. The maximum Gasteiger partial charge on any atom is 0.123 e. The molecule has 5 heteroatoms. The predicted molar refractivity (Wildman–Crippen MR) is 103 cm³/mol. The predicted octanol–water partition coefficient (Wildman–Crippen LogP) is 3.77. The number of anilines is 1. The van der Waals surface area contributed by atoms with E-state index >= 15 is 0 Å². The van der Waals surface area contributed by atoms with E-state index in [4.69, 9.17) is 0 Å². The monoisotopic (exact) mass is 356 g/mol. The smallest absolute Gasteiger partial charge is 0.123 e. The number of benzene rings is 1. The second kappa shape index (κ2) is 7.39. The van der Waals surface area contributed by atoms with E-state index in [2.05, 4.69) is 33.8 Å². The highest BCUT2D eigenvalue weighted by molar-refractivity contribution is 5.47. The first-order chi connectivity index (χ1) is 12.6. The summed E-state index contributed by atoms with van der Waals surface area (Å²) in [5.74, 6) is 0.545. The summed E-state index contributed by atoms with van der Waals surface area (Å²) in [7, 11) is 0. The van der Waals surface area contributed by atoms with Crippen molar-refractivity contribution in [2.45, 2.75) is 52.1 Å². The minimum absolute atomic E-state index is 0.165. The number of hydrogen-bond donors (Lipinski definition) is 1. The van der Waals surface area contributed by atoms with Crippen LogP contribution in [0.3, 0.4) is 0 Å². The Balaban J connectivity index is 1.41. The first-order valence-electron chi connectivity index (χ1n) is 9.89. The van der Waals surface area contributed by atoms with Gasteiger partial charge in [-0.25, -0.2) is 4.39 Å². The van der Waals surface area contributed by atoms with Gasteiger partial charge in [0.1, 0.15) is 5.82 Å². The second-order valence-corrected chi connectivity index (χ2v) is 8.15. The molecule has 1 aromatic heterocycles. The number of nitrogens with one attached hydrogen (secondary N) is 1. The van der Waals surface area contributed by atoms with Gasteiger partial charge in [0.2, 0.25) is 0 Å². The van der Waals surface area contributed by atoms with Crippen molar-refractivity contribution in [3.8, 4) is 0 Å². The number of H-pyrrole nitrogens is 1. The molecule has 1 aromatic carbocycles. The largest absolute Gasteiger partial charge is 0.370 e. The Morgan fingerprint density at radius 1 is 1.23 bits per heavy atom. The molecule has 0 amide bonds. The summed E-state index contributed by atoms with van der Waals surface area (Å²) in [6.07, 6.45) is 4.51. The van der Waals surface area contributed by atoms with Crippen LogP contribution in [0.5, 0.6) is 0 Å². The Morgan fingerprint density at radius 3 is 2.81 bits per heavy atom. The molecule has 0 aliphatic carbocycles. The molecule has 0 radical (unpaired) electrons. The fourth-order valence-electron chi connectivity index (χ4n) is 4.25. The first-order valence-corrected chi connectivity index (χ1v) is 9.89. The Labute approximate surface area is 155 Å². The zero-order valence-corrected chi connectivity index (χ0v) is 15.8. The summed E-state index contributed by atoms with van der Waals surface area (Å²) in [4.78, 5) is 5.01. The van der Waals surface area contributed by atoms with Gasteiger partial charge in [0.25, 0.3) is 0 Å². The molecule has 2 aromatic rings. The van der Waals surface area contributed by atoms with Gasteiger partial charge < -0.3 is 4.90 Å². The number of rotatable bonds is 5. The van der Waals surface area contributed by atoms with Crippen molar-refractivity contribution in [3.63, 3.8) is 0 Å². The van der Waals surface area contributed by atoms with Gasteiger partial charge in [-0.3, -0.25) is 10.00 Å². The van der Waals surface area contributed by atoms with Crippen LogP contribution in [0.15, 0.2) is 24.3 Å². The summed E-state index contributed by atoms with van der Waals surface area (Å²) < 4.78 is 13.2. The molecule has 1 fully saturated rings. The van der Waals surface area contributed by atoms with Crippen molar-refractivity contribution < 1.29 is 4.39 Å². The second-order valence-electron chi connectivity index (χ2n) is 8.15. The van der Waals surface area contributed by atoms with E-state index in [1.807, 2.05) is 12.1 Å². The SMILES string of the molecule is CC(C)CCc1n[nH]c2c1CN([C@H]1CCN(c3ccc(F)cc3)C1)CC2. The molecule has 4 nitrogen and oxygen atoms in total. The van der Waals surface area contributed by atoms with Gasteiger partial charge >= 0.3 is 0 Å². The van der Waals surface area contributed by atoms with Crippen LogP contribution < -0.4 is 4.90 Å². The van der Waals surface area contributed by atoms with Gasteiger partial charge in [0.15, 0.2) is 0 Å². The zero-order valence-electron chi connectivity index (χ0n) is 15.8. The van der Waals surface area contributed by atoms with Gasteiger partial charge in [-0.05, 0) is 49.4 Å². The Morgan fingerprint density at radius 2 is 2.04 bits per heavy atom. The lowest BCUT2D eigenvalue weighted by atomic mass is 9.99. The number of fused-ring (bicyclic) bond motifs is 1. The van der Waals surface area contributed by atoms with Crippen molar-refractivity contribution in [3.05, 3.63) is 47.0 Å². The molecule has 4 rings (SSSR count). The Bertz CT molecular complexity index is 737. The number of halogens is 1. The number of aromatic amines is 1. The molecule has 3 heterocycles. The third kappa shape index (κ3) is 3.63. The molecule has 1 atom stereocenters. The maximum atomic E-state index is 13.2. The van der Waals surface area contributed by atoms with Gasteiger partial charge in [-0.2, -0.15) is 5.10 Å². The fraction of sp³-hybridized carbons (Fsp3) is 0.571. The molecule has 0 unspecified atom stereocenters. The minimum Gasteiger partial charge on any atom is -0.370 e. The fourth-order valence-corrected chi connectivity index (χ4v) is 4.25. The van der Waals surface area contributed by atoms with E-state index < -0.39 is 0 Å². The minimum atomic E-state index is -0.165. The molecule has 26 heavy (non-hydrogen) atoms. The Kier molecular flexibility index (Phi) is 4.98. The molecule has 140 valence electrons.